The molecule has 0 aliphatic carbocycles. The van der Waals surface area contributed by atoms with Crippen LogP contribution >= 0.6 is 0 Å². The molecule has 2 N–H and O–H groups in total. The first-order valence-electron chi connectivity index (χ1n) is 6.80. The lowest BCUT2D eigenvalue weighted by molar-refractivity contribution is -0.133. The van der Waals surface area contributed by atoms with E-state index in [0.717, 1.165) is 6.42 Å². The first-order valence-corrected chi connectivity index (χ1v) is 6.80. The maximum absolute atomic E-state index is 12.0. The minimum absolute atomic E-state index is 0.0372. The minimum atomic E-state index is -0.355. The van der Waals surface area contributed by atoms with Crippen LogP contribution in [-0.2, 0) is 9.59 Å². The second-order valence-corrected chi connectivity index (χ2v) is 4.41. The molecule has 0 heterocycles. The molecule has 106 valence electrons. The van der Waals surface area contributed by atoms with Gasteiger partial charge in [-0.2, -0.15) is 0 Å². The van der Waals surface area contributed by atoms with Crippen LogP contribution < -0.4 is 10.6 Å². The molecular weight excluding hydrogens is 230 g/mol. The highest BCUT2D eigenvalue weighted by atomic mass is 16.2. The summed E-state index contributed by atoms with van der Waals surface area (Å²) >= 11 is 0. The van der Waals surface area contributed by atoms with E-state index in [2.05, 4.69) is 10.6 Å². The van der Waals surface area contributed by atoms with Crippen molar-refractivity contribution < 1.29 is 9.59 Å². The molecule has 5 heteroatoms. The Balaban J connectivity index is 4.25. The molecule has 0 rings (SSSR count). The highest BCUT2D eigenvalue weighted by Gasteiger charge is 2.22. The number of hydrogen-bond donors (Lipinski definition) is 2. The predicted molar refractivity (Wildman–Crippen MR) is 73.3 cm³/mol. The smallest absolute Gasteiger partial charge is 0.239 e. The van der Waals surface area contributed by atoms with Gasteiger partial charge in [-0.05, 0) is 34.1 Å². The van der Waals surface area contributed by atoms with Gasteiger partial charge < -0.3 is 10.2 Å². The van der Waals surface area contributed by atoms with E-state index >= 15 is 0 Å². The molecule has 0 aliphatic rings. The Kier molecular flexibility index (Phi) is 8.37. The molecule has 2 atom stereocenters. The van der Waals surface area contributed by atoms with Crippen LogP contribution in [0.4, 0.5) is 0 Å². The van der Waals surface area contributed by atoms with Crippen LogP contribution in [0, 0.1) is 0 Å². The van der Waals surface area contributed by atoms with Gasteiger partial charge in [-0.1, -0.05) is 6.92 Å². The lowest BCUT2D eigenvalue weighted by atomic mass is 10.2. The summed E-state index contributed by atoms with van der Waals surface area (Å²) in [5, 5.41) is 5.84. The minimum Gasteiger partial charge on any atom is -0.355 e. The number of hydrogen-bond acceptors (Lipinski definition) is 3. The van der Waals surface area contributed by atoms with Crippen LogP contribution in [0.25, 0.3) is 0 Å². The van der Waals surface area contributed by atoms with Crippen molar-refractivity contribution in [1.82, 2.24) is 15.5 Å². The molecule has 0 aromatic heterocycles. The van der Waals surface area contributed by atoms with Gasteiger partial charge in [0, 0.05) is 19.6 Å². The van der Waals surface area contributed by atoms with Crippen LogP contribution in [0.15, 0.2) is 0 Å². The number of nitrogens with zero attached hydrogens (tertiary/aromatic N) is 1. The topological polar surface area (TPSA) is 61.4 Å². The fourth-order valence-electron chi connectivity index (χ4n) is 1.73. The van der Waals surface area contributed by atoms with Crippen LogP contribution in [0.1, 0.15) is 41.0 Å². The summed E-state index contributed by atoms with van der Waals surface area (Å²) in [5.41, 5.74) is 0. The Labute approximate surface area is 110 Å². The van der Waals surface area contributed by atoms with Crippen LogP contribution in [0.2, 0.25) is 0 Å². The Morgan fingerprint density at radius 3 is 2.06 bits per heavy atom. The van der Waals surface area contributed by atoms with Crippen LogP contribution in [-0.4, -0.2) is 48.4 Å². The molecule has 0 aromatic rings. The van der Waals surface area contributed by atoms with Crippen molar-refractivity contribution in [3.63, 3.8) is 0 Å². The first-order chi connectivity index (χ1) is 8.47. The summed E-state index contributed by atoms with van der Waals surface area (Å²) < 4.78 is 0. The monoisotopic (exact) mass is 257 g/mol. The number of carbonyl (C=O) groups is 2. The van der Waals surface area contributed by atoms with Crippen molar-refractivity contribution in [2.24, 2.45) is 0 Å². The number of carbonyl (C=O) groups excluding carboxylic acids is 2. The summed E-state index contributed by atoms with van der Waals surface area (Å²) in [6.07, 6.45) is 0.909. The van der Waals surface area contributed by atoms with E-state index in [1.807, 2.05) is 20.8 Å². The Bertz CT molecular complexity index is 265. The van der Waals surface area contributed by atoms with Gasteiger partial charge >= 0.3 is 0 Å². The largest absolute Gasteiger partial charge is 0.355 e. The van der Waals surface area contributed by atoms with E-state index in [1.165, 1.54) is 0 Å². The number of likely N-dealkylation sites (N-methyl/N-ethyl adjacent to an activating group) is 1. The molecular formula is C13H27N3O2. The average Bonchev–Trinajstić information content (AvgIpc) is 2.36. The molecule has 5 nitrogen and oxygen atoms in total. The number of nitrogens with one attached hydrogen (secondary N) is 2. The first kappa shape index (κ1) is 16.9. The van der Waals surface area contributed by atoms with E-state index < -0.39 is 0 Å². The second kappa shape index (κ2) is 8.91. The zero-order valence-corrected chi connectivity index (χ0v) is 12.2. The van der Waals surface area contributed by atoms with Gasteiger partial charge in [0.25, 0.3) is 0 Å². The predicted octanol–water partition coefficient (Wildman–Crippen LogP) is 0.748. The van der Waals surface area contributed by atoms with Gasteiger partial charge in [0.2, 0.25) is 11.8 Å². The lowest BCUT2D eigenvalue weighted by Crippen LogP contribution is -2.52. The number of rotatable bonds is 8. The molecule has 0 saturated heterocycles. The Morgan fingerprint density at radius 2 is 1.61 bits per heavy atom. The molecule has 0 bridgehead atoms. The highest BCUT2D eigenvalue weighted by Crippen LogP contribution is 1.96. The van der Waals surface area contributed by atoms with E-state index in [9.17, 15) is 9.59 Å². The molecule has 0 aliphatic heterocycles. The lowest BCUT2D eigenvalue weighted by Gasteiger charge is -2.25. The fraction of sp³-hybridized carbons (Fsp3) is 0.846. The van der Waals surface area contributed by atoms with E-state index in [1.54, 1.807) is 18.7 Å². The Hall–Kier alpha value is -1.10. The molecule has 2 amide bonds. The SMILES string of the molecule is CCCNC(=O)C(C)NC(C)C(=O)N(CC)CC. The zero-order chi connectivity index (χ0) is 14.1. The Morgan fingerprint density at radius 1 is 1.06 bits per heavy atom. The molecule has 18 heavy (non-hydrogen) atoms. The van der Waals surface area contributed by atoms with Gasteiger partial charge in [-0.25, -0.2) is 0 Å². The van der Waals surface area contributed by atoms with Crippen molar-refractivity contribution in [3.8, 4) is 0 Å². The molecule has 0 fully saturated rings. The van der Waals surface area contributed by atoms with Crippen LogP contribution in [0.3, 0.4) is 0 Å². The molecule has 0 radical (unpaired) electrons. The zero-order valence-electron chi connectivity index (χ0n) is 12.2. The van der Waals surface area contributed by atoms with Gasteiger partial charge in [-0.15, -0.1) is 0 Å². The normalized spacial score (nSPS) is 13.8. The van der Waals surface area contributed by atoms with E-state index in [-0.39, 0.29) is 23.9 Å². The number of amides is 2. The van der Waals surface area contributed by atoms with Gasteiger partial charge in [0.05, 0.1) is 12.1 Å². The third-order valence-electron chi connectivity index (χ3n) is 2.89. The highest BCUT2D eigenvalue weighted by molar-refractivity contribution is 5.84. The molecule has 0 spiro atoms. The summed E-state index contributed by atoms with van der Waals surface area (Å²) in [5.74, 6) is -0.0220. The van der Waals surface area contributed by atoms with Crippen molar-refractivity contribution in [2.45, 2.75) is 53.1 Å². The summed E-state index contributed by atoms with van der Waals surface area (Å²) in [4.78, 5) is 25.4. The van der Waals surface area contributed by atoms with Crippen molar-refractivity contribution in [2.75, 3.05) is 19.6 Å². The molecule has 0 aromatic carbocycles. The summed E-state index contributed by atoms with van der Waals surface area (Å²) in [6.45, 7) is 11.5. The molecule has 0 saturated carbocycles. The van der Waals surface area contributed by atoms with Gasteiger partial charge in [0.15, 0.2) is 0 Å². The maximum atomic E-state index is 12.0. The average molecular weight is 257 g/mol. The van der Waals surface area contributed by atoms with Gasteiger partial charge in [0.1, 0.15) is 0 Å². The van der Waals surface area contributed by atoms with Crippen molar-refractivity contribution >= 4 is 11.8 Å². The second-order valence-electron chi connectivity index (χ2n) is 4.41. The standard InChI is InChI=1S/C13H27N3O2/c1-6-9-14-12(17)10(4)15-11(5)13(18)16(7-2)8-3/h10-11,15H,6-9H2,1-5H3,(H,14,17). The summed E-state index contributed by atoms with van der Waals surface area (Å²) in [7, 11) is 0. The maximum Gasteiger partial charge on any atom is 0.239 e. The summed E-state index contributed by atoms with van der Waals surface area (Å²) in [6, 6.07) is -0.696. The molecule has 2 unspecified atom stereocenters. The van der Waals surface area contributed by atoms with E-state index in [0.29, 0.717) is 19.6 Å². The van der Waals surface area contributed by atoms with Gasteiger partial charge in [-0.3, -0.25) is 14.9 Å². The fourth-order valence-corrected chi connectivity index (χ4v) is 1.73. The van der Waals surface area contributed by atoms with Crippen molar-refractivity contribution in [3.05, 3.63) is 0 Å². The van der Waals surface area contributed by atoms with E-state index in [4.69, 9.17) is 0 Å². The third-order valence-corrected chi connectivity index (χ3v) is 2.89. The van der Waals surface area contributed by atoms with Crippen molar-refractivity contribution in [1.29, 1.82) is 0 Å². The quantitative estimate of drug-likeness (QED) is 0.674. The van der Waals surface area contributed by atoms with Crippen LogP contribution in [0.5, 0.6) is 0 Å². The third kappa shape index (κ3) is 5.49.